The van der Waals surface area contributed by atoms with Crippen LogP contribution >= 0.6 is 11.8 Å². The average molecular weight is 540 g/mol. The summed E-state index contributed by atoms with van der Waals surface area (Å²) in [6.45, 7) is 11.6. The Bertz CT molecular complexity index is 1050. The van der Waals surface area contributed by atoms with Gasteiger partial charge in [0, 0.05) is 45.1 Å². The highest BCUT2D eigenvalue weighted by molar-refractivity contribution is 8.02. The van der Waals surface area contributed by atoms with Crippen molar-refractivity contribution in [3.8, 4) is 0 Å². The summed E-state index contributed by atoms with van der Waals surface area (Å²) in [6.07, 6.45) is 6.38. The van der Waals surface area contributed by atoms with Gasteiger partial charge in [-0.25, -0.2) is 0 Å². The Balaban J connectivity index is 1.72. The summed E-state index contributed by atoms with van der Waals surface area (Å²) in [5, 5.41) is 9.28. The number of aliphatic hydroxyl groups is 1. The number of hydrogen-bond donors (Lipinski definition) is 1. The van der Waals surface area contributed by atoms with E-state index in [1.807, 2.05) is 30.3 Å². The molecular formula is C30H41N3O4S. The molecule has 6 atom stereocenters. The summed E-state index contributed by atoms with van der Waals surface area (Å²) in [5.74, 6) is -1.01. The van der Waals surface area contributed by atoms with Gasteiger partial charge in [-0.3, -0.25) is 14.4 Å². The third kappa shape index (κ3) is 4.93. The molecular weight excluding hydrogens is 498 g/mol. The lowest BCUT2D eigenvalue weighted by molar-refractivity contribution is -0.144. The zero-order valence-electron chi connectivity index (χ0n) is 22.6. The number of nitrogens with zero attached hydrogens (tertiary/aromatic N) is 3. The van der Waals surface area contributed by atoms with E-state index >= 15 is 0 Å². The number of likely N-dealkylation sites (tertiary alicyclic amines) is 1. The SMILES string of the molecule is C=CCN(C)C(=O)[C@@H]1[C@H]2C(=O)N(CCCCCO)C(C(=O)N(CC=C)Cc3ccccc3)C23S[C@@H]1CC3C. The Labute approximate surface area is 230 Å². The molecule has 3 aliphatic rings. The van der Waals surface area contributed by atoms with Crippen LogP contribution in [0.4, 0.5) is 0 Å². The lowest BCUT2D eigenvalue weighted by Crippen LogP contribution is -2.57. The van der Waals surface area contributed by atoms with E-state index in [0.717, 1.165) is 18.4 Å². The zero-order valence-corrected chi connectivity index (χ0v) is 23.4. The monoisotopic (exact) mass is 539 g/mol. The van der Waals surface area contributed by atoms with Crippen LogP contribution in [0.1, 0.15) is 38.2 Å². The van der Waals surface area contributed by atoms with Crippen LogP contribution in [0.3, 0.4) is 0 Å². The lowest BCUT2D eigenvalue weighted by atomic mass is 9.65. The predicted octanol–water partition coefficient (Wildman–Crippen LogP) is 3.35. The Morgan fingerprint density at radius 1 is 1.13 bits per heavy atom. The number of unbranched alkanes of at least 4 members (excludes halogenated alkanes) is 2. The Morgan fingerprint density at radius 2 is 1.84 bits per heavy atom. The van der Waals surface area contributed by atoms with Gasteiger partial charge in [0.05, 0.1) is 16.6 Å². The van der Waals surface area contributed by atoms with Crippen LogP contribution in [0.25, 0.3) is 0 Å². The molecule has 3 aliphatic heterocycles. The van der Waals surface area contributed by atoms with Crippen LogP contribution in [0.5, 0.6) is 0 Å². The smallest absolute Gasteiger partial charge is 0.247 e. The normalized spacial score (nSPS) is 29.3. The van der Waals surface area contributed by atoms with E-state index < -0.39 is 22.6 Å². The van der Waals surface area contributed by atoms with Crippen molar-refractivity contribution in [1.29, 1.82) is 0 Å². The minimum absolute atomic E-state index is 0.0209. The molecule has 2 bridgehead atoms. The molecule has 1 N–H and O–H groups in total. The quantitative estimate of drug-likeness (QED) is 0.307. The van der Waals surface area contributed by atoms with Crippen LogP contribution in [0.15, 0.2) is 55.6 Å². The fraction of sp³-hybridized carbons (Fsp3) is 0.567. The molecule has 3 saturated heterocycles. The first-order chi connectivity index (χ1) is 18.3. The Hall–Kier alpha value is -2.58. The minimum atomic E-state index is -0.638. The Morgan fingerprint density at radius 3 is 2.50 bits per heavy atom. The number of amides is 3. The van der Waals surface area contributed by atoms with Crippen molar-refractivity contribution in [3.05, 3.63) is 61.2 Å². The summed E-state index contributed by atoms with van der Waals surface area (Å²) in [5.41, 5.74) is 1.02. The molecule has 0 radical (unpaired) electrons. The second-order valence-electron chi connectivity index (χ2n) is 10.9. The van der Waals surface area contributed by atoms with Gasteiger partial charge in [-0.05, 0) is 37.2 Å². The molecule has 3 heterocycles. The maximum absolute atomic E-state index is 14.5. The fourth-order valence-electron chi connectivity index (χ4n) is 6.80. The first-order valence-corrected chi connectivity index (χ1v) is 14.6. The molecule has 0 aromatic heterocycles. The van der Waals surface area contributed by atoms with Crippen molar-refractivity contribution in [2.24, 2.45) is 17.8 Å². The highest BCUT2D eigenvalue weighted by Crippen LogP contribution is 2.68. The summed E-state index contributed by atoms with van der Waals surface area (Å²) in [4.78, 5) is 47.6. The van der Waals surface area contributed by atoms with Crippen molar-refractivity contribution < 1.29 is 19.5 Å². The molecule has 38 heavy (non-hydrogen) atoms. The maximum atomic E-state index is 14.5. The van der Waals surface area contributed by atoms with Crippen molar-refractivity contribution in [1.82, 2.24) is 14.7 Å². The number of thioether (sulfide) groups is 1. The van der Waals surface area contributed by atoms with Crippen LogP contribution in [-0.2, 0) is 20.9 Å². The second-order valence-corrected chi connectivity index (χ2v) is 12.4. The number of rotatable bonds is 13. The van der Waals surface area contributed by atoms with Gasteiger partial charge in [0.15, 0.2) is 0 Å². The Kier molecular flexibility index (Phi) is 9.04. The topological polar surface area (TPSA) is 81.2 Å². The maximum Gasteiger partial charge on any atom is 0.247 e. The first-order valence-electron chi connectivity index (χ1n) is 13.7. The van der Waals surface area contributed by atoms with Crippen LogP contribution < -0.4 is 0 Å². The fourth-order valence-corrected chi connectivity index (χ4v) is 9.20. The molecule has 1 spiro atoms. The number of fused-ring (bicyclic) bond motifs is 1. The molecule has 0 aliphatic carbocycles. The molecule has 3 fully saturated rings. The largest absolute Gasteiger partial charge is 0.396 e. The van der Waals surface area contributed by atoms with E-state index in [0.29, 0.717) is 39.0 Å². The molecule has 3 unspecified atom stereocenters. The van der Waals surface area contributed by atoms with E-state index in [1.54, 1.807) is 45.7 Å². The summed E-state index contributed by atoms with van der Waals surface area (Å²) in [7, 11) is 1.76. The van der Waals surface area contributed by atoms with Crippen LogP contribution in [-0.4, -0.2) is 86.9 Å². The van der Waals surface area contributed by atoms with Crippen molar-refractivity contribution in [2.45, 2.75) is 55.2 Å². The zero-order chi connectivity index (χ0) is 27.4. The standard InChI is InChI=1S/C30H41N3O4S/c1-5-15-31(4)27(35)24-23-19-21(3)30(38-23)25(24)28(36)33(17-11-8-12-18-34)26(30)29(37)32(16-6-2)20-22-13-9-7-10-14-22/h5-7,9-10,13-14,21,23-26,34H,1-2,8,11-12,15-20H2,3-4H3/t21?,23-,24+,25+,26?,30?/m1/s1. The third-order valence-corrected chi connectivity index (χ3v) is 10.6. The van der Waals surface area contributed by atoms with Gasteiger partial charge in [0.25, 0.3) is 0 Å². The minimum Gasteiger partial charge on any atom is -0.396 e. The molecule has 206 valence electrons. The summed E-state index contributed by atoms with van der Waals surface area (Å²) in [6, 6.07) is 9.23. The van der Waals surface area contributed by atoms with Gasteiger partial charge in [0.1, 0.15) is 6.04 Å². The van der Waals surface area contributed by atoms with E-state index in [1.165, 1.54) is 0 Å². The molecule has 3 amide bonds. The number of aliphatic hydroxyl groups excluding tert-OH is 1. The van der Waals surface area contributed by atoms with Crippen molar-refractivity contribution in [2.75, 3.05) is 33.3 Å². The van der Waals surface area contributed by atoms with Crippen molar-refractivity contribution >= 4 is 29.5 Å². The van der Waals surface area contributed by atoms with E-state index in [9.17, 15) is 19.5 Å². The average Bonchev–Trinajstić information content (AvgIpc) is 3.50. The summed E-state index contributed by atoms with van der Waals surface area (Å²) < 4.78 is -0.638. The second kappa shape index (κ2) is 12.1. The summed E-state index contributed by atoms with van der Waals surface area (Å²) >= 11 is 1.71. The first kappa shape index (κ1) is 28.4. The number of benzene rings is 1. The number of carbonyl (C=O) groups excluding carboxylic acids is 3. The van der Waals surface area contributed by atoms with Gasteiger partial charge in [-0.1, -0.05) is 49.4 Å². The highest BCUT2D eigenvalue weighted by Gasteiger charge is 2.76. The van der Waals surface area contributed by atoms with Gasteiger partial charge >= 0.3 is 0 Å². The third-order valence-electron chi connectivity index (χ3n) is 8.48. The molecule has 1 aromatic carbocycles. The van der Waals surface area contributed by atoms with Crippen LogP contribution in [0, 0.1) is 17.8 Å². The highest BCUT2D eigenvalue weighted by atomic mass is 32.2. The van der Waals surface area contributed by atoms with Crippen LogP contribution in [0.2, 0.25) is 0 Å². The van der Waals surface area contributed by atoms with E-state index in [4.69, 9.17) is 0 Å². The van der Waals surface area contributed by atoms with Gasteiger partial charge in [-0.2, -0.15) is 0 Å². The molecule has 8 heteroatoms. The molecule has 4 rings (SSSR count). The lowest BCUT2D eigenvalue weighted by Gasteiger charge is -2.41. The van der Waals surface area contributed by atoms with Gasteiger partial charge in [0.2, 0.25) is 17.7 Å². The molecule has 0 saturated carbocycles. The van der Waals surface area contributed by atoms with Gasteiger partial charge < -0.3 is 19.8 Å². The number of likely N-dealkylation sites (N-methyl/N-ethyl adjacent to an activating group) is 1. The van der Waals surface area contributed by atoms with Gasteiger partial charge in [-0.15, -0.1) is 24.9 Å². The van der Waals surface area contributed by atoms with E-state index in [-0.39, 0.29) is 35.5 Å². The molecule has 1 aromatic rings. The predicted molar refractivity (Wildman–Crippen MR) is 151 cm³/mol. The molecule has 7 nitrogen and oxygen atoms in total. The number of hydrogen-bond acceptors (Lipinski definition) is 5. The number of carbonyl (C=O) groups is 3. The van der Waals surface area contributed by atoms with E-state index in [2.05, 4.69) is 20.1 Å². The van der Waals surface area contributed by atoms with Crippen molar-refractivity contribution in [3.63, 3.8) is 0 Å².